The number of carbonyl (C=O) groups is 1. The fourth-order valence-electron chi connectivity index (χ4n) is 3.12. The summed E-state index contributed by atoms with van der Waals surface area (Å²) in [7, 11) is 4.11. The highest BCUT2D eigenvalue weighted by molar-refractivity contribution is 7.14. The predicted molar refractivity (Wildman–Crippen MR) is 98.7 cm³/mol. The number of aryl methyl sites for hydroxylation is 2. The Labute approximate surface area is 146 Å². The Bertz CT molecular complexity index is 623. The van der Waals surface area contributed by atoms with E-state index in [0.717, 1.165) is 17.7 Å². The Morgan fingerprint density at radius 3 is 2.87 bits per heavy atom. The Hall–Kier alpha value is -1.17. The van der Waals surface area contributed by atoms with Gasteiger partial charge in [-0.1, -0.05) is 6.42 Å². The number of thiophene rings is 2. The average Bonchev–Trinajstić information content (AvgIpc) is 3.13. The lowest BCUT2D eigenvalue weighted by molar-refractivity contribution is 0.0946. The highest BCUT2D eigenvalue weighted by Crippen LogP contribution is 2.29. The molecule has 0 spiro atoms. The molecule has 2 aromatic heterocycles. The second-order valence-corrected chi connectivity index (χ2v) is 8.28. The number of hydrogen-bond acceptors (Lipinski definition) is 4. The molecule has 0 fully saturated rings. The highest BCUT2D eigenvalue weighted by atomic mass is 32.1. The van der Waals surface area contributed by atoms with E-state index in [1.807, 2.05) is 0 Å². The molecule has 3 rings (SSSR count). The summed E-state index contributed by atoms with van der Waals surface area (Å²) < 4.78 is 0. The molecule has 3 nitrogen and oxygen atoms in total. The van der Waals surface area contributed by atoms with Crippen molar-refractivity contribution < 1.29 is 4.79 Å². The summed E-state index contributed by atoms with van der Waals surface area (Å²) in [5, 5.41) is 7.37. The van der Waals surface area contributed by atoms with Gasteiger partial charge in [-0.2, -0.15) is 11.3 Å². The minimum absolute atomic E-state index is 0.0742. The van der Waals surface area contributed by atoms with Gasteiger partial charge in [-0.15, -0.1) is 11.3 Å². The largest absolute Gasteiger partial charge is 0.349 e. The van der Waals surface area contributed by atoms with Crippen molar-refractivity contribution in [3.05, 3.63) is 43.8 Å². The third-order valence-corrected chi connectivity index (χ3v) is 6.41. The van der Waals surface area contributed by atoms with Crippen LogP contribution in [0.3, 0.4) is 0 Å². The van der Waals surface area contributed by atoms with E-state index in [0.29, 0.717) is 6.54 Å². The number of nitrogens with one attached hydrogen (secondary N) is 1. The van der Waals surface area contributed by atoms with Gasteiger partial charge in [0.15, 0.2) is 0 Å². The molecule has 2 heterocycles. The van der Waals surface area contributed by atoms with Gasteiger partial charge in [-0.3, -0.25) is 4.79 Å². The summed E-state index contributed by atoms with van der Waals surface area (Å²) in [6.45, 7) is 0.644. The molecule has 0 aromatic carbocycles. The first-order valence-electron chi connectivity index (χ1n) is 8.23. The van der Waals surface area contributed by atoms with Crippen molar-refractivity contribution in [1.82, 2.24) is 10.2 Å². The molecule has 1 N–H and O–H groups in total. The summed E-state index contributed by atoms with van der Waals surface area (Å²) >= 11 is 3.39. The zero-order valence-corrected chi connectivity index (χ0v) is 15.4. The van der Waals surface area contributed by atoms with E-state index in [-0.39, 0.29) is 11.9 Å². The van der Waals surface area contributed by atoms with E-state index >= 15 is 0 Å². The average molecular weight is 349 g/mol. The molecular formula is C18H24N2OS2. The Balaban J connectivity index is 1.65. The third-order valence-electron chi connectivity index (χ3n) is 4.48. The maximum absolute atomic E-state index is 12.5. The second-order valence-electron chi connectivity index (χ2n) is 6.37. The summed E-state index contributed by atoms with van der Waals surface area (Å²) in [5.74, 6) is 0.0742. The van der Waals surface area contributed by atoms with Crippen molar-refractivity contribution in [1.29, 1.82) is 0 Å². The van der Waals surface area contributed by atoms with Gasteiger partial charge < -0.3 is 10.2 Å². The lowest BCUT2D eigenvalue weighted by atomic mass is 10.1. The van der Waals surface area contributed by atoms with E-state index in [1.165, 1.54) is 35.3 Å². The zero-order valence-electron chi connectivity index (χ0n) is 13.8. The van der Waals surface area contributed by atoms with Gasteiger partial charge in [0.2, 0.25) is 0 Å². The maximum Gasteiger partial charge on any atom is 0.261 e. The lowest BCUT2D eigenvalue weighted by Gasteiger charge is -2.23. The number of rotatable bonds is 5. The summed E-state index contributed by atoms with van der Waals surface area (Å²) in [6.07, 6.45) is 6.10. The van der Waals surface area contributed by atoms with Gasteiger partial charge in [0, 0.05) is 11.4 Å². The SMILES string of the molecule is CN(C)C(CNC(=O)c1cc2c(s1)CCCCC2)c1ccsc1. The van der Waals surface area contributed by atoms with Crippen LogP contribution in [0, 0.1) is 0 Å². The van der Waals surface area contributed by atoms with Gasteiger partial charge in [-0.05, 0) is 73.8 Å². The van der Waals surface area contributed by atoms with Crippen molar-refractivity contribution in [2.45, 2.75) is 38.1 Å². The Morgan fingerprint density at radius 1 is 1.30 bits per heavy atom. The molecule has 1 atom stereocenters. The van der Waals surface area contributed by atoms with Crippen molar-refractivity contribution >= 4 is 28.6 Å². The summed E-state index contributed by atoms with van der Waals surface area (Å²) in [4.78, 5) is 17.0. The standard InChI is InChI=1S/C18H24N2OS2/c1-20(2)15(14-8-9-22-12-14)11-19-18(21)17-10-13-6-4-3-5-7-16(13)23-17/h8-10,12,15H,3-7,11H2,1-2H3,(H,19,21). The molecule has 1 unspecified atom stereocenters. The number of nitrogens with zero attached hydrogens (tertiary/aromatic N) is 1. The molecule has 0 bridgehead atoms. The first kappa shape index (κ1) is 16.7. The van der Waals surface area contributed by atoms with Crippen LogP contribution in [0.15, 0.2) is 22.9 Å². The molecule has 124 valence electrons. The number of carbonyl (C=O) groups excluding carboxylic acids is 1. The fourth-order valence-corrected chi connectivity index (χ4v) is 5.00. The number of likely N-dealkylation sites (N-methyl/N-ethyl adjacent to an activating group) is 1. The van der Waals surface area contributed by atoms with Crippen LogP contribution in [-0.2, 0) is 12.8 Å². The number of amides is 1. The van der Waals surface area contributed by atoms with Crippen LogP contribution < -0.4 is 5.32 Å². The topological polar surface area (TPSA) is 32.3 Å². The van der Waals surface area contributed by atoms with E-state index < -0.39 is 0 Å². The van der Waals surface area contributed by atoms with Crippen LogP contribution in [0.5, 0.6) is 0 Å². The molecule has 0 saturated carbocycles. The van der Waals surface area contributed by atoms with Crippen LogP contribution in [0.4, 0.5) is 0 Å². The van der Waals surface area contributed by atoms with Crippen molar-refractivity contribution in [3.63, 3.8) is 0 Å². The van der Waals surface area contributed by atoms with Crippen LogP contribution >= 0.6 is 22.7 Å². The molecule has 0 radical (unpaired) electrons. The lowest BCUT2D eigenvalue weighted by Crippen LogP contribution is -2.34. The van der Waals surface area contributed by atoms with Crippen LogP contribution in [0.25, 0.3) is 0 Å². The maximum atomic E-state index is 12.5. The number of fused-ring (bicyclic) bond motifs is 1. The third kappa shape index (κ3) is 4.03. The van der Waals surface area contributed by atoms with Crippen LogP contribution in [0.2, 0.25) is 0 Å². The minimum atomic E-state index is 0.0742. The monoisotopic (exact) mass is 348 g/mol. The fraction of sp³-hybridized carbons (Fsp3) is 0.500. The molecule has 1 aliphatic carbocycles. The van der Waals surface area contributed by atoms with Crippen LogP contribution in [0.1, 0.15) is 51.0 Å². The van der Waals surface area contributed by atoms with E-state index in [4.69, 9.17) is 0 Å². The molecule has 0 aliphatic heterocycles. The first-order chi connectivity index (χ1) is 11.1. The van der Waals surface area contributed by atoms with Crippen LogP contribution in [-0.4, -0.2) is 31.4 Å². The second kappa shape index (κ2) is 7.60. The quantitative estimate of drug-likeness (QED) is 0.825. The molecule has 0 saturated heterocycles. The van der Waals surface area contributed by atoms with Gasteiger partial charge in [0.05, 0.1) is 10.9 Å². The molecule has 5 heteroatoms. The van der Waals surface area contributed by atoms with E-state index in [1.54, 1.807) is 22.7 Å². The Morgan fingerprint density at radius 2 is 2.13 bits per heavy atom. The van der Waals surface area contributed by atoms with Gasteiger partial charge in [0.25, 0.3) is 5.91 Å². The van der Waals surface area contributed by atoms with Gasteiger partial charge in [-0.25, -0.2) is 0 Å². The zero-order chi connectivity index (χ0) is 16.2. The summed E-state index contributed by atoms with van der Waals surface area (Å²) in [5.41, 5.74) is 2.67. The van der Waals surface area contributed by atoms with Crippen molar-refractivity contribution in [3.8, 4) is 0 Å². The smallest absolute Gasteiger partial charge is 0.261 e. The summed E-state index contributed by atoms with van der Waals surface area (Å²) in [6, 6.07) is 4.48. The molecule has 1 aliphatic rings. The minimum Gasteiger partial charge on any atom is -0.349 e. The highest BCUT2D eigenvalue weighted by Gasteiger charge is 2.19. The predicted octanol–water partition coefficient (Wildman–Crippen LogP) is 4.11. The normalized spacial score (nSPS) is 16.0. The van der Waals surface area contributed by atoms with Crippen molar-refractivity contribution in [2.75, 3.05) is 20.6 Å². The molecule has 23 heavy (non-hydrogen) atoms. The molecule has 2 aromatic rings. The molecule has 1 amide bonds. The molecular weight excluding hydrogens is 324 g/mol. The van der Waals surface area contributed by atoms with Gasteiger partial charge >= 0.3 is 0 Å². The van der Waals surface area contributed by atoms with E-state index in [9.17, 15) is 4.79 Å². The van der Waals surface area contributed by atoms with E-state index in [2.05, 4.69) is 47.2 Å². The first-order valence-corrected chi connectivity index (χ1v) is 9.99. The van der Waals surface area contributed by atoms with Gasteiger partial charge in [0.1, 0.15) is 0 Å². The Kier molecular flexibility index (Phi) is 5.51. The number of hydrogen-bond donors (Lipinski definition) is 1. The van der Waals surface area contributed by atoms with Crippen molar-refractivity contribution in [2.24, 2.45) is 0 Å².